The SMILES string of the molecule is Cc1c(C(=O)Nc2cnn(C)c2C(=O)NCc2cnn(C)c2)cccc1[N+](=O)[O-]. The van der Waals surface area contributed by atoms with Crippen LogP contribution in [0.2, 0.25) is 0 Å². The van der Waals surface area contributed by atoms with Crippen molar-refractivity contribution in [3.8, 4) is 0 Å². The maximum Gasteiger partial charge on any atom is 0.273 e. The number of nitro groups is 1. The molecule has 0 aliphatic rings. The number of benzene rings is 1. The van der Waals surface area contributed by atoms with Crippen LogP contribution < -0.4 is 10.6 Å². The van der Waals surface area contributed by atoms with Crippen molar-refractivity contribution >= 4 is 23.2 Å². The number of aromatic nitrogens is 4. The molecule has 0 spiro atoms. The van der Waals surface area contributed by atoms with Gasteiger partial charge in [-0.05, 0) is 13.0 Å². The number of rotatable bonds is 6. The van der Waals surface area contributed by atoms with Crippen LogP contribution in [0.15, 0.2) is 36.8 Å². The molecule has 2 amide bonds. The molecule has 11 heteroatoms. The summed E-state index contributed by atoms with van der Waals surface area (Å²) in [5, 5.41) is 24.5. The van der Waals surface area contributed by atoms with E-state index >= 15 is 0 Å². The van der Waals surface area contributed by atoms with Crippen LogP contribution in [-0.4, -0.2) is 36.3 Å². The van der Waals surface area contributed by atoms with Gasteiger partial charge in [0.2, 0.25) is 0 Å². The van der Waals surface area contributed by atoms with Gasteiger partial charge in [0.1, 0.15) is 5.69 Å². The lowest BCUT2D eigenvalue weighted by Gasteiger charge is -2.10. The molecular weight excluding hydrogens is 378 g/mol. The summed E-state index contributed by atoms with van der Waals surface area (Å²) >= 11 is 0. The molecule has 0 aliphatic carbocycles. The van der Waals surface area contributed by atoms with Gasteiger partial charge in [-0.25, -0.2) is 0 Å². The normalized spacial score (nSPS) is 10.6. The number of carbonyl (C=O) groups is 2. The first-order valence-corrected chi connectivity index (χ1v) is 8.61. The van der Waals surface area contributed by atoms with Crippen molar-refractivity contribution in [3.63, 3.8) is 0 Å². The Morgan fingerprint density at radius 1 is 1.17 bits per heavy atom. The quantitative estimate of drug-likeness (QED) is 0.478. The molecule has 3 rings (SSSR count). The highest BCUT2D eigenvalue weighted by atomic mass is 16.6. The Hall–Kier alpha value is -4.02. The smallest absolute Gasteiger partial charge is 0.273 e. The fraction of sp³-hybridized carbons (Fsp3) is 0.222. The van der Waals surface area contributed by atoms with E-state index in [1.165, 1.54) is 36.0 Å². The van der Waals surface area contributed by atoms with Crippen LogP contribution in [0.3, 0.4) is 0 Å². The number of nitrogens with zero attached hydrogens (tertiary/aromatic N) is 5. The highest BCUT2D eigenvalue weighted by Gasteiger charge is 2.22. The van der Waals surface area contributed by atoms with E-state index in [9.17, 15) is 19.7 Å². The summed E-state index contributed by atoms with van der Waals surface area (Å²) in [6.07, 6.45) is 4.76. The molecule has 0 aliphatic heterocycles. The van der Waals surface area contributed by atoms with Crippen LogP contribution in [0.25, 0.3) is 0 Å². The molecule has 0 saturated carbocycles. The maximum absolute atomic E-state index is 12.7. The molecule has 0 unspecified atom stereocenters. The van der Waals surface area contributed by atoms with Crippen molar-refractivity contribution in [1.29, 1.82) is 0 Å². The lowest BCUT2D eigenvalue weighted by molar-refractivity contribution is -0.385. The summed E-state index contributed by atoms with van der Waals surface area (Å²) in [6, 6.07) is 4.24. The Morgan fingerprint density at radius 2 is 1.93 bits per heavy atom. The summed E-state index contributed by atoms with van der Waals surface area (Å²) in [5.74, 6) is -1.000. The average Bonchev–Trinajstić information content (AvgIpc) is 3.25. The summed E-state index contributed by atoms with van der Waals surface area (Å²) in [5.41, 5.74) is 1.41. The molecule has 29 heavy (non-hydrogen) atoms. The summed E-state index contributed by atoms with van der Waals surface area (Å²) in [6.45, 7) is 1.76. The molecule has 0 saturated heterocycles. The van der Waals surface area contributed by atoms with Crippen molar-refractivity contribution in [3.05, 3.63) is 69.3 Å². The Morgan fingerprint density at radius 3 is 2.59 bits per heavy atom. The van der Waals surface area contributed by atoms with Crippen molar-refractivity contribution in [2.24, 2.45) is 14.1 Å². The number of hydrogen-bond donors (Lipinski definition) is 2. The summed E-state index contributed by atoms with van der Waals surface area (Å²) < 4.78 is 2.97. The van der Waals surface area contributed by atoms with Crippen molar-refractivity contribution in [2.75, 3.05) is 5.32 Å². The Labute approximate surface area is 165 Å². The van der Waals surface area contributed by atoms with Gasteiger partial charge < -0.3 is 10.6 Å². The van der Waals surface area contributed by atoms with Gasteiger partial charge in [0.25, 0.3) is 17.5 Å². The molecular formula is C18H19N7O4. The van der Waals surface area contributed by atoms with Gasteiger partial charge in [0, 0.05) is 49.6 Å². The van der Waals surface area contributed by atoms with Gasteiger partial charge in [-0.2, -0.15) is 10.2 Å². The lowest BCUT2D eigenvalue weighted by Crippen LogP contribution is -2.26. The largest absolute Gasteiger partial charge is 0.346 e. The van der Waals surface area contributed by atoms with Crippen LogP contribution in [0.5, 0.6) is 0 Å². The first-order chi connectivity index (χ1) is 13.8. The molecule has 2 aromatic heterocycles. The first kappa shape index (κ1) is 19.7. The van der Waals surface area contributed by atoms with E-state index in [0.29, 0.717) is 0 Å². The third-order valence-corrected chi connectivity index (χ3v) is 4.36. The van der Waals surface area contributed by atoms with Crippen LogP contribution in [-0.2, 0) is 20.6 Å². The van der Waals surface area contributed by atoms with E-state index in [4.69, 9.17) is 0 Å². The minimum atomic E-state index is -0.569. The number of nitro benzene ring substituents is 1. The molecule has 0 radical (unpaired) electrons. The van der Waals surface area contributed by atoms with Gasteiger partial charge in [0.05, 0.1) is 23.0 Å². The second-order valence-electron chi connectivity index (χ2n) is 6.40. The van der Waals surface area contributed by atoms with Gasteiger partial charge in [0.15, 0.2) is 0 Å². The molecule has 0 fully saturated rings. The highest BCUT2D eigenvalue weighted by molar-refractivity contribution is 6.09. The monoisotopic (exact) mass is 397 g/mol. The zero-order valence-electron chi connectivity index (χ0n) is 16.0. The van der Waals surface area contributed by atoms with Crippen LogP contribution in [0.1, 0.15) is 32.0 Å². The predicted octanol–water partition coefficient (Wildman–Crippen LogP) is 1.55. The number of hydrogen-bond acceptors (Lipinski definition) is 6. The van der Waals surface area contributed by atoms with Crippen molar-refractivity contribution in [1.82, 2.24) is 24.9 Å². The number of nitrogens with one attached hydrogen (secondary N) is 2. The van der Waals surface area contributed by atoms with Crippen LogP contribution >= 0.6 is 0 Å². The Kier molecular flexibility index (Phi) is 5.39. The number of amides is 2. The van der Waals surface area contributed by atoms with E-state index in [1.54, 1.807) is 31.2 Å². The van der Waals surface area contributed by atoms with Crippen LogP contribution in [0.4, 0.5) is 11.4 Å². The molecule has 2 N–H and O–H groups in total. The molecule has 1 aromatic carbocycles. The topological polar surface area (TPSA) is 137 Å². The Balaban J connectivity index is 1.79. The van der Waals surface area contributed by atoms with E-state index < -0.39 is 16.7 Å². The summed E-state index contributed by atoms with van der Waals surface area (Å²) in [4.78, 5) is 35.8. The van der Waals surface area contributed by atoms with Gasteiger partial charge >= 0.3 is 0 Å². The fourth-order valence-electron chi connectivity index (χ4n) is 2.88. The zero-order chi connectivity index (χ0) is 21.1. The molecule has 0 bridgehead atoms. The molecule has 150 valence electrons. The van der Waals surface area contributed by atoms with Crippen LogP contribution in [0, 0.1) is 17.0 Å². The van der Waals surface area contributed by atoms with E-state index in [1.807, 2.05) is 0 Å². The van der Waals surface area contributed by atoms with E-state index in [-0.39, 0.29) is 34.7 Å². The van der Waals surface area contributed by atoms with Gasteiger partial charge in [-0.15, -0.1) is 0 Å². The van der Waals surface area contributed by atoms with Gasteiger partial charge in [-0.3, -0.25) is 29.1 Å². The number of anilines is 1. The van der Waals surface area contributed by atoms with E-state index in [2.05, 4.69) is 20.8 Å². The number of aryl methyl sites for hydroxylation is 2. The standard InChI is InChI=1S/C18H19N7O4/c1-11-13(5-4-6-15(11)25(28)29)17(26)22-14-9-21-24(3)16(14)18(27)19-7-12-8-20-23(2)10-12/h4-6,8-10H,7H2,1-3H3,(H,19,27)(H,22,26). The van der Waals surface area contributed by atoms with Crippen molar-refractivity contribution in [2.45, 2.75) is 13.5 Å². The molecule has 0 atom stereocenters. The maximum atomic E-state index is 12.7. The second kappa shape index (κ2) is 7.92. The third-order valence-electron chi connectivity index (χ3n) is 4.36. The number of carbonyl (C=O) groups excluding carboxylic acids is 2. The Bertz CT molecular complexity index is 1100. The lowest BCUT2D eigenvalue weighted by atomic mass is 10.1. The molecule has 11 nitrogen and oxygen atoms in total. The van der Waals surface area contributed by atoms with E-state index in [0.717, 1.165) is 5.56 Å². The fourth-order valence-corrected chi connectivity index (χ4v) is 2.88. The molecule has 3 aromatic rings. The minimum absolute atomic E-state index is 0.143. The highest BCUT2D eigenvalue weighted by Crippen LogP contribution is 2.23. The van der Waals surface area contributed by atoms with Crippen molar-refractivity contribution < 1.29 is 14.5 Å². The second-order valence-corrected chi connectivity index (χ2v) is 6.40. The first-order valence-electron chi connectivity index (χ1n) is 8.61. The predicted molar refractivity (Wildman–Crippen MR) is 103 cm³/mol. The average molecular weight is 397 g/mol. The zero-order valence-corrected chi connectivity index (χ0v) is 16.0. The third kappa shape index (κ3) is 4.13. The summed E-state index contributed by atoms with van der Waals surface area (Å²) in [7, 11) is 3.35. The minimum Gasteiger partial charge on any atom is -0.346 e. The van der Waals surface area contributed by atoms with Gasteiger partial charge in [-0.1, -0.05) is 6.07 Å². The molecule has 2 heterocycles.